The Morgan fingerprint density at radius 1 is 1.00 bits per heavy atom. The van der Waals surface area contributed by atoms with E-state index in [1.165, 1.54) is 12.1 Å². The van der Waals surface area contributed by atoms with Crippen LogP contribution in [0.5, 0.6) is 0 Å². The van der Waals surface area contributed by atoms with Crippen molar-refractivity contribution in [2.24, 2.45) is 0 Å². The fourth-order valence-electron chi connectivity index (χ4n) is 2.55. The summed E-state index contributed by atoms with van der Waals surface area (Å²) in [5.41, 5.74) is 2.01. The van der Waals surface area contributed by atoms with Gasteiger partial charge >= 0.3 is 6.18 Å². The Labute approximate surface area is 115 Å². The lowest BCUT2D eigenvalue weighted by molar-refractivity contribution is -0.137. The average molecular weight is 278 g/mol. The molecule has 0 aliphatic carbocycles. The molecule has 1 heterocycles. The number of hydrogen-bond donors (Lipinski definition) is 0. The lowest BCUT2D eigenvalue weighted by atomic mass is 9.92. The molecule has 2 aromatic carbocycles. The van der Waals surface area contributed by atoms with Gasteiger partial charge in [-0.1, -0.05) is 36.4 Å². The van der Waals surface area contributed by atoms with Crippen molar-refractivity contribution in [3.63, 3.8) is 0 Å². The summed E-state index contributed by atoms with van der Waals surface area (Å²) in [5, 5.41) is 0. The maximum atomic E-state index is 12.8. The molecule has 1 aliphatic heterocycles. The molecule has 0 amide bonds. The molecular weight excluding hydrogens is 265 g/mol. The first-order valence-electron chi connectivity index (χ1n) is 6.42. The third kappa shape index (κ3) is 2.43. The Kier molecular flexibility index (Phi) is 3.26. The van der Waals surface area contributed by atoms with Crippen LogP contribution in [0.1, 0.15) is 28.4 Å². The van der Waals surface area contributed by atoms with Crippen molar-refractivity contribution >= 4 is 0 Å². The average Bonchev–Trinajstić information content (AvgIpc) is 2.46. The largest absolute Gasteiger partial charge is 0.416 e. The fourth-order valence-corrected chi connectivity index (χ4v) is 2.55. The quantitative estimate of drug-likeness (QED) is 0.752. The summed E-state index contributed by atoms with van der Waals surface area (Å²) in [6.45, 7) is 0.526. The maximum absolute atomic E-state index is 12.8. The summed E-state index contributed by atoms with van der Waals surface area (Å²) < 4.78 is 44.1. The van der Waals surface area contributed by atoms with Crippen molar-refractivity contribution in [3.05, 3.63) is 70.8 Å². The summed E-state index contributed by atoms with van der Waals surface area (Å²) in [5.74, 6) is 0. The molecular formula is C16H13F3O. The van der Waals surface area contributed by atoms with Crippen molar-refractivity contribution in [1.82, 2.24) is 0 Å². The molecule has 0 fully saturated rings. The number of ether oxygens (including phenoxy) is 1. The first-order chi connectivity index (χ1) is 9.55. The van der Waals surface area contributed by atoms with Crippen molar-refractivity contribution in [3.8, 4) is 0 Å². The number of hydrogen-bond acceptors (Lipinski definition) is 1. The Balaban J connectivity index is 2.03. The molecule has 0 bridgehead atoms. The normalized spacial score (nSPS) is 18.6. The van der Waals surface area contributed by atoms with E-state index >= 15 is 0 Å². The second-order valence-electron chi connectivity index (χ2n) is 4.82. The molecule has 104 valence electrons. The van der Waals surface area contributed by atoms with Crippen LogP contribution < -0.4 is 0 Å². The minimum atomic E-state index is -4.33. The fraction of sp³-hybridized carbons (Fsp3) is 0.250. The van der Waals surface area contributed by atoms with E-state index in [4.69, 9.17) is 4.74 Å². The van der Waals surface area contributed by atoms with Gasteiger partial charge in [0.15, 0.2) is 0 Å². The van der Waals surface area contributed by atoms with Gasteiger partial charge in [0, 0.05) is 0 Å². The molecule has 0 saturated carbocycles. The van der Waals surface area contributed by atoms with Crippen molar-refractivity contribution in [2.45, 2.75) is 18.7 Å². The molecule has 1 atom stereocenters. The third-order valence-corrected chi connectivity index (χ3v) is 3.51. The molecule has 0 aromatic heterocycles. The number of alkyl halides is 3. The van der Waals surface area contributed by atoms with E-state index in [0.717, 1.165) is 23.6 Å². The van der Waals surface area contributed by atoms with E-state index in [9.17, 15) is 13.2 Å². The minimum Gasteiger partial charge on any atom is -0.368 e. The molecule has 2 aromatic rings. The van der Waals surface area contributed by atoms with E-state index in [1.54, 1.807) is 6.07 Å². The molecule has 0 saturated heterocycles. The molecule has 1 nitrogen and oxygen atoms in total. The first-order valence-corrected chi connectivity index (χ1v) is 6.42. The number of halogens is 3. The van der Waals surface area contributed by atoms with Gasteiger partial charge < -0.3 is 4.74 Å². The zero-order valence-electron chi connectivity index (χ0n) is 10.7. The highest BCUT2D eigenvalue weighted by molar-refractivity contribution is 5.39. The standard InChI is InChI=1S/C16H13F3O/c17-16(18,19)13-6-3-5-12(10-13)15-14-7-2-1-4-11(14)8-9-20-15/h1-7,10,15H,8-9H2. The van der Waals surface area contributed by atoms with Crippen LogP contribution in [0, 0.1) is 0 Å². The molecule has 1 aliphatic rings. The minimum absolute atomic E-state index is 0.415. The summed E-state index contributed by atoms with van der Waals surface area (Å²) in [6, 6.07) is 13.1. The van der Waals surface area contributed by atoms with Crippen LogP contribution in [0.25, 0.3) is 0 Å². The molecule has 3 rings (SSSR count). The molecule has 0 radical (unpaired) electrons. The third-order valence-electron chi connectivity index (χ3n) is 3.51. The van der Waals surface area contributed by atoms with Gasteiger partial charge in [-0.25, -0.2) is 0 Å². The highest BCUT2D eigenvalue weighted by atomic mass is 19.4. The highest BCUT2D eigenvalue weighted by Crippen LogP contribution is 2.36. The predicted molar refractivity (Wildman–Crippen MR) is 69.4 cm³/mol. The zero-order chi connectivity index (χ0) is 14.2. The van der Waals surface area contributed by atoms with Gasteiger partial charge in [-0.2, -0.15) is 13.2 Å². The second kappa shape index (κ2) is 4.94. The van der Waals surface area contributed by atoms with Gasteiger partial charge in [-0.3, -0.25) is 0 Å². The molecule has 0 N–H and O–H groups in total. The molecule has 0 spiro atoms. The monoisotopic (exact) mass is 278 g/mol. The number of fused-ring (bicyclic) bond motifs is 1. The van der Waals surface area contributed by atoms with Crippen LogP contribution >= 0.6 is 0 Å². The van der Waals surface area contributed by atoms with Crippen LogP contribution in [0.3, 0.4) is 0 Å². The second-order valence-corrected chi connectivity index (χ2v) is 4.82. The summed E-state index contributed by atoms with van der Waals surface area (Å²) in [6.07, 6.45) is -3.95. The van der Waals surface area contributed by atoms with E-state index in [-0.39, 0.29) is 0 Å². The van der Waals surface area contributed by atoms with Crippen molar-refractivity contribution < 1.29 is 17.9 Å². The van der Waals surface area contributed by atoms with Crippen molar-refractivity contribution in [2.75, 3.05) is 6.61 Å². The van der Waals surface area contributed by atoms with Gasteiger partial charge in [0.2, 0.25) is 0 Å². The van der Waals surface area contributed by atoms with Crippen molar-refractivity contribution in [1.29, 1.82) is 0 Å². The van der Waals surface area contributed by atoms with Crippen LogP contribution in [0.15, 0.2) is 48.5 Å². The van der Waals surface area contributed by atoms with E-state index in [0.29, 0.717) is 12.2 Å². The van der Waals surface area contributed by atoms with Gasteiger partial charge in [0.05, 0.1) is 12.2 Å². The number of rotatable bonds is 1. The topological polar surface area (TPSA) is 9.23 Å². The SMILES string of the molecule is FC(F)(F)c1cccc(C2OCCc3ccccc32)c1. The van der Waals surface area contributed by atoms with Gasteiger partial charge in [-0.15, -0.1) is 0 Å². The summed E-state index contributed by atoms with van der Waals surface area (Å²) in [4.78, 5) is 0. The van der Waals surface area contributed by atoms with E-state index < -0.39 is 17.8 Å². The van der Waals surface area contributed by atoms with Gasteiger partial charge in [-0.05, 0) is 35.2 Å². The highest BCUT2D eigenvalue weighted by Gasteiger charge is 2.31. The number of benzene rings is 2. The lowest BCUT2D eigenvalue weighted by Gasteiger charge is -2.26. The molecule has 4 heteroatoms. The molecule has 20 heavy (non-hydrogen) atoms. The lowest BCUT2D eigenvalue weighted by Crippen LogP contribution is -2.17. The zero-order valence-corrected chi connectivity index (χ0v) is 10.7. The Bertz CT molecular complexity index is 619. The van der Waals surface area contributed by atoms with Gasteiger partial charge in [0.25, 0.3) is 0 Å². The van der Waals surface area contributed by atoms with Crippen LogP contribution in [0.2, 0.25) is 0 Å². The summed E-state index contributed by atoms with van der Waals surface area (Å²) >= 11 is 0. The summed E-state index contributed by atoms with van der Waals surface area (Å²) in [7, 11) is 0. The van der Waals surface area contributed by atoms with Gasteiger partial charge in [0.1, 0.15) is 6.10 Å². The Morgan fingerprint density at radius 2 is 1.80 bits per heavy atom. The van der Waals surface area contributed by atoms with Crippen LogP contribution in [-0.4, -0.2) is 6.61 Å². The Morgan fingerprint density at radius 3 is 2.60 bits per heavy atom. The molecule has 1 unspecified atom stereocenters. The van der Waals surface area contributed by atoms with Crippen LogP contribution in [0.4, 0.5) is 13.2 Å². The van der Waals surface area contributed by atoms with E-state index in [2.05, 4.69) is 0 Å². The Hall–Kier alpha value is -1.81. The van der Waals surface area contributed by atoms with E-state index in [1.807, 2.05) is 24.3 Å². The predicted octanol–water partition coefficient (Wildman–Crippen LogP) is 4.37. The smallest absolute Gasteiger partial charge is 0.368 e. The first kappa shape index (κ1) is 13.2. The van der Waals surface area contributed by atoms with Crippen LogP contribution in [-0.2, 0) is 17.3 Å². The maximum Gasteiger partial charge on any atom is 0.416 e.